The molecular weight excluding hydrogens is 260 g/mol. The highest BCUT2D eigenvalue weighted by Gasteiger charge is 2.43. The minimum atomic E-state index is -0.854. The largest absolute Gasteiger partial charge is 0.481 e. The van der Waals surface area contributed by atoms with E-state index in [0.29, 0.717) is 38.4 Å². The third-order valence-electron chi connectivity index (χ3n) is 4.38. The predicted molar refractivity (Wildman–Crippen MR) is 68.5 cm³/mol. The lowest BCUT2D eigenvalue weighted by atomic mass is 9.94. The SMILES string of the molecule is CC1C[C@H](C(=O)N2CCn3cnnc3C2)[C@H](C(=O)O)C1. The number of rotatable bonds is 2. The van der Waals surface area contributed by atoms with Gasteiger partial charge in [-0.1, -0.05) is 6.92 Å². The predicted octanol–water partition coefficient (Wildman–Crippen LogP) is 0.367. The second-order valence-electron chi connectivity index (χ2n) is 5.83. The highest BCUT2D eigenvalue weighted by Crippen LogP contribution is 2.37. The molecule has 0 radical (unpaired) electrons. The lowest BCUT2D eigenvalue weighted by molar-refractivity contribution is -0.149. The minimum absolute atomic E-state index is 0.0454. The summed E-state index contributed by atoms with van der Waals surface area (Å²) in [5.74, 6) is -0.779. The van der Waals surface area contributed by atoms with Crippen LogP contribution in [-0.2, 0) is 22.7 Å². The highest BCUT2D eigenvalue weighted by molar-refractivity contribution is 5.85. The van der Waals surface area contributed by atoms with Crippen LogP contribution in [0, 0.1) is 17.8 Å². The maximum Gasteiger partial charge on any atom is 0.307 e. The molecule has 2 heterocycles. The Hall–Kier alpha value is -1.92. The van der Waals surface area contributed by atoms with E-state index in [4.69, 9.17) is 0 Å². The van der Waals surface area contributed by atoms with E-state index in [0.717, 1.165) is 5.82 Å². The molecule has 0 bridgehead atoms. The summed E-state index contributed by atoms with van der Waals surface area (Å²) in [6, 6.07) is 0. The van der Waals surface area contributed by atoms with Crippen LogP contribution in [-0.4, -0.2) is 43.2 Å². The van der Waals surface area contributed by atoms with Crippen LogP contribution in [0.1, 0.15) is 25.6 Å². The second kappa shape index (κ2) is 4.88. The molecule has 7 nitrogen and oxygen atoms in total. The third kappa shape index (κ3) is 2.17. The molecule has 2 aliphatic rings. The molecule has 1 aliphatic heterocycles. The summed E-state index contributed by atoms with van der Waals surface area (Å²) in [6.07, 6.45) is 2.92. The lowest BCUT2D eigenvalue weighted by Crippen LogP contribution is -2.43. The molecule has 108 valence electrons. The summed E-state index contributed by atoms with van der Waals surface area (Å²) in [5, 5.41) is 17.1. The Bertz CT molecular complexity index is 541. The van der Waals surface area contributed by atoms with Gasteiger partial charge in [0.25, 0.3) is 0 Å². The van der Waals surface area contributed by atoms with Gasteiger partial charge in [-0.15, -0.1) is 10.2 Å². The first kappa shape index (κ1) is 13.1. The summed E-state index contributed by atoms with van der Waals surface area (Å²) in [4.78, 5) is 25.6. The Balaban J connectivity index is 1.74. The van der Waals surface area contributed by atoms with Crippen molar-refractivity contribution in [2.75, 3.05) is 6.54 Å². The molecule has 20 heavy (non-hydrogen) atoms. The summed E-state index contributed by atoms with van der Waals surface area (Å²) in [7, 11) is 0. The fraction of sp³-hybridized carbons (Fsp3) is 0.692. The molecule has 1 aliphatic carbocycles. The van der Waals surface area contributed by atoms with Gasteiger partial charge in [-0.25, -0.2) is 0 Å². The normalized spacial score (nSPS) is 29.2. The Morgan fingerprint density at radius 1 is 1.30 bits per heavy atom. The number of aromatic nitrogens is 3. The Labute approximate surface area is 116 Å². The van der Waals surface area contributed by atoms with Crippen LogP contribution in [0.5, 0.6) is 0 Å². The molecule has 3 rings (SSSR count). The van der Waals surface area contributed by atoms with Crippen LogP contribution in [0.15, 0.2) is 6.33 Å². The van der Waals surface area contributed by atoms with Crippen molar-refractivity contribution in [3.8, 4) is 0 Å². The summed E-state index contributed by atoms with van der Waals surface area (Å²) in [6.45, 7) is 3.71. The van der Waals surface area contributed by atoms with Gasteiger partial charge in [-0.2, -0.15) is 0 Å². The fourth-order valence-corrected chi connectivity index (χ4v) is 3.33. The topological polar surface area (TPSA) is 88.3 Å². The van der Waals surface area contributed by atoms with Gasteiger partial charge >= 0.3 is 5.97 Å². The average Bonchev–Trinajstić information content (AvgIpc) is 3.02. The molecule has 1 aromatic heterocycles. The number of carbonyl (C=O) groups is 2. The van der Waals surface area contributed by atoms with E-state index in [2.05, 4.69) is 10.2 Å². The molecule has 0 spiro atoms. The zero-order valence-electron chi connectivity index (χ0n) is 11.4. The zero-order chi connectivity index (χ0) is 14.3. The number of aliphatic carboxylic acids is 1. The van der Waals surface area contributed by atoms with Crippen molar-refractivity contribution in [3.63, 3.8) is 0 Å². The number of amides is 1. The number of hydrogen-bond acceptors (Lipinski definition) is 4. The molecule has 1 amide bonds. The molecular formula is C13H18N4O3. The van der Waals surface area contributed by atoms with Gasteiger partial charge in [0.05, 0.1) is 18.4 Å². The van der Waals surface area contributed by atoms with Crippen molar-refractivity contribution >= 4 is 11.9 Å². The molecule has 1 fully saturated rings. The highest BCUT2D eigenvalue weighted by atomic mass is 16.4. The van der Waals surface area contributed by atoms with E-state index in [-0.39, 0.29) is 5.91 Å². The summed E-state index contributed by atoms with van der Waals surface area (Å²) < 4.78 is 1.93. The number of carboxylic acids is 1. The van der Waals surface area contributed by atoms with Crippen LogP contribution in [0.4, 0.5) is 0 Å². The quantitative estimate of drug-likeness (QED) is 0.844. The maximum absolute atomic E-state index is 12.6. The zero-order valence-corrected chi connectivity index (χ0v) is 11.4. The van der Waals surface area contributed by atoms with Gasteiger partial charge in [0.1, 0.15) is 6.33 Å². The van der Waals surface area contributed by atoms with Crippen LogP contribution < -0.4 is 0 Å². The van der Waals surface area contributed by atoms with E-state index >= 15 is 0 Å². The van der Waals surface area contributed by atoms with Gasteiger partial charge in [-0.3, -0.25) is 9.59 Å². The molecule has 1 N–H and O–H groups in total. The molecule has 1 saturated carbocycles. The lowest BCUT2D eigenvalue weighted by Gasteiger charge is -2.30. The van der Waals surface area contributed by atoms with Gasteiger partial charge in [0.2, 0.25) is 5.91 Å². The van der Waals surface area contributed by atoms with Crippen LogP contribution in [0.25, 0.3) is 0 Å². The molecule has 7 heteroatoms. The van der Waals surface area contributed by atoms with Crippen molar-refractivity contribution < 1.29 is 14.7 Å². The standard InChI is InChI=1S/C13H18N4O3/c1-8-4-9(10(5-8)13(19)20)12(18)16-2-3-17-7-14-15-11(17)6-16/h7-10H,2-6H2,1H3,(H,19,20)/t8?,9-,10+/m0/s1. The van der Waals surface area contributed by atoms with Gasteiger partial charge in [0, 0.05) is 13.1 Å². The smallest absolute Gasteiger partial charge is 0.307 e. The minimum Gasteiger partial charge on any atom is -0.481 e. The van der Waals surface area contributed by atoms with Gasteiger partial charge in [0.15, 0.2) is 5.82 Å². The van der Waals surface area contributed by atoms with Crippen LogP contribution in [0.2, 0.25) is 0 Å². The van der Waals surface area contributed by atoms with Crippen molar-refractivity contribution in [2.24, 2.45) is 17.8 Å². The molecule has 0 aromatic carbocycles. The second-order valence-corrected chi connectivity index (χ2v) is 5.83. The monoisotopic (exact) mass is 278 g/mol. The Morgan fingerprint density at radius 3 is 2.80 bits per heavy atom. The summed E-state index contributed by atoms with van der Waals surface area (Å²) in [5.41, 5.74) is 0. The average molecular weight is 278 g/mol. The van der Waals surface area contributed by atoms with E-state index < -0.39 is 17.8 Å². The van der Waals surface area contributed by atoms with E-state index in [1.54, 1.807) is 11.2 Å². The number of carbonyl (C=O) groups excluding carboxylic acids is 1. The van der Waals surface area contributed by atoms with E-state index in [1.165, 1.54) is 0 Å². The first-order valence-corrected chi connectivity index (χ1v) is 6.94. The molecule has 1 unspecified atom stereocenters. The maximum atomic E-state index is 12.6. The van der Waals surface area contributed by atoms with E-state index in [9.17, 15) is 14.7 Å². The third-order valence-corrected chi connectivity index (χ3v) is 4.38. The Kier molecular flexibility index (Phi) is 3.19. The number of fused-ring (bicyclic) bond motifs is 1. The van der Waals surface area contributed by atoms with E-state index in [1.807, 2.05) is 11.5 Å². The van der Waals surface area contributed by atoms with Gasteiger partial charge in [-0.05, 0) is 18.8 Å². The van der Waals surface area contributed by atoms with Crippen LogP contribution in [0.3, 0.4) is 0 Å². The summed E-state index contributed by atoms with van der Waals surface area (Å²) >= 11 is 0. The first-order chi connectivity index (χ1) is 9.56. The van der Waals surface area contributed by atoms with Crippen molar-refractivity contribution in [3.05, 3.63) is 12.2 Å². The van der Waals surface area contributed by atoms with Crippen LogP contribution >= 0.6 is 0 Å². The van der Waals surface area contributed by atoms with Crippen molar-refractivity contribution in [1.29, 1.82) is 0 Å². The molecule has 0 saturated heterocycles. The van der Waals surface area contributed by atoms with Gasteiger partial charge < -0.3 is 14.6 Å². The number of hydrogen-bond donors (Lipinski definition) is 1. The van der Waals surface area contributed by atoms with Crippen molar-refractivity contribution in [1.82, 2.24) is 19.7 Å². The Morgan fingerprint density at radius 2 is 2.05 bits per heavy atom. The number of nitrogens with zero attached hydrogens (tertiary/aromatic N) is 4. The number of carboxylic acid groups (broad SMARTS) is 1. The molecule has 1 aromatic rings. The molecule has 3 atom stereocenters. The van der Waals surface area contributed by atoms with Crippen molar-refractivity contribution in [2.45, 2.75) is 32.9 Å². The fourth-order valence-electron chi connectivity index (χ4n) is 3.33. The first-order valence-electron chi connectivity index (χ1n) is 6.94.